The van der Waals surface area contributed by atoms with Crippen molar-refractivity contribution in [2.45, 2.75) is 31.1 Å². The highest BCUT2D eigenvalue weighted by Crippen LogP contribution is 2.13. The smallest absolute Gasteiger partial charge is 0.243 e. The second-order valence-electron chi connectivity index (χ2n) is 3.92. The molecule has 5 nitrogen and oxygen atoms in total. The van der Waals surface area contributed by atoms with Crippen LogP contribution < -0.4 is 4.72 Å². The van der Waals surface area contributed by atoms with Gasteiger partial charge in [0.15, 0.2) is 0 Å². The molecule has 2 N–H and O–H groups in total. The molecule has 0 bridgehead atoms. The molecule has 1 heterocycles. The number of H-pyrrole nitrogens is 1. The van der Waals surface area contributed by atoms with Gasteiger partial charge in [0.25, 0.3) is 0 Å². The molecule has 0 amide bonds. The average molecular weight is 324 g/mol. The Morgan fingerprint density at radius 3 is 2.82 bits per heavy atom. The van der Waals surface area contributed by atoms with Crippen LogP contribution in [0, 0.1) is 5.92 Å². The molecule has 0 spiro atoms. The summed E-state index contributed by atoms with van der Waals surface area (Å²) in [7, 11) is -3.41. The SMILES string of the molecule is CCCC(CCBr)CNS(=O)(=O)c1cn[nH]c1. The lowest BCUT2D eigenvalue weighted by atomic mass is 10.0. The first-order valence-corrected chi connectivity index (χ1v) is 8.25. The van der Waals surface area contributed by atoms with Crippen LogP contribution in [0.2, 0.25) is 0 Å². The summed E-state index contributed by atoms with van der Waals surface area (Å²) in [5.41, 5.74) is 0. The zero-order valence-corrected chi connectivity index (χ0v) is 12.2. The second-order valence-corrected chi connectivity index (χ2v) is 6.48. The number of hydrogen-bond acceptors (Lipinski definition) is 3. The zero-order valence-electron chi connectivity index (χ0n) is 9.82. The van der Waals surface area contributed by atoms with Crippen LogP contribution >= 0.6 is 15.9 Å². The summed E-state index contributed by atoms with van der Waals surface area (Å²) in [6.45, 7) is 2.58. The number of halogens is 1. The Morgan fingerprint density at radius 2 is 2.29 bits per heavy atom. The van der Waals surface area contributed by atoms with Gasteiger partial charge in [0.05, 0.1) is 6.20 Å². The predicted molar refractivity (Wildman–Crippen MR) is 70.6 cm³/mol. The van der Waals surface area contributed by atoms with Gasteiger partial charge in [-0.25, -0.2) is 13.1 Å². The normalized spacial score (nSPS) is 13.8. The molecule has 0 saturated heterocycles. The van der Waals surface area contributed by atoms with Crippen molar-refractivity contribution >= 4 is 26.0 Å². The molecule has 98 valence electrons. The van der Waals surface area contributed by atoms with Crippen LogP contribution in [0.3, 0.4) is 0 Å². The van der Waals surface area contributed by atoms with E-state index in [4.69, 9.17) is 0 Å². The van der Waals surface area contributed by atoms with Crippen molar-refractivity contribution in [2.24, 2.45) is 5.92 Å². The van der Waals surface area contributed by atoms with E-state index in [0.717, 1.165) is 24.6 Å². The molecule has 0 aliphatic carbocycles. The molecule has 0 radical (unpaired) electrons. The summed E-state index contributed by atoms with van der Waals surface area (Å²) in [5.74, 6) is 0.376. The van der Waals surface area contributed by atoms with Crippen LogP contribution in [-0.2, 0) is 10.0 Å². The van der Waals surface area contributed by atoms with E-state index >= 15 is 0 Å². The summed E-state index contributed by atoms with van der Waals surface area (Å²) in [4.78, 5) is 0.187. The van der Waals surface area contributed by atoms with E-state index in [9.17, 15) is 8.42 Å². The lowest BCUT2D eigenvalue weighted by molar-refractivity contribution is 0.459. The minimum atomic E-state index is -3.41. The third-order valence-corrected chi connectivity index (χ3v) is 4.41. The fourth-order valence-electron chi connectivity index (χ4n) is 1.61. The highest BCUT2D eigenvalue weighted by molar-refractivity contribution is 9.09. The number of sulfonamides is 1. The van der Waals surface area contributed by atoms with E-state index in [1.54, 1.807) is 0 Å². The van der Waals surface area contributed by atoms with E-state index < -0.39 is 10.0 Å². The van der Waals surface area contributed by atoms with Gasteiger partial charge >= 0.3 is 0 Å². The van der Waals surface area contributed by atoms with Crippen molar-refractivity contribution in [2.75, 3.05) is 11.9 Å². The Morgan fingerprint density at radius 1 is 1.53 bits per heavy atom. The number of rotatable bonds is 8. The number of aromatic amines is 1. The largest absolute Gasteiger partial charge is 0.284 e. The standard InChI is InChI=1S/C10H18BrN3O2S/c1-2-3-9(4-5-11)6-14-17(15,16)10-7-12-13-8-10/h7-9,14H,2-6H2,1H3,(H,12,13). The third kappa shape index (κ3) is 4.77. The Kier molecular flexibility index (Phi) is 6.15. The van der Waals surface area contributed by atoms with Crippen LogP contribution in [0.5, 0.6) is 0 Å². The minimum absolute atomic E-state index is 0.187. The quantitative estimate of drug-likeness (QED) is 0.717. The van der Waals surface area contributed by atoms with Crippen molar-refractivity contribution in [3.63, 3.8) is 0 Å². The van der Waals surface area contributed by atoms with Crippen LogP contribution in [-0.4, -0.2) is 30.5 Å². The number of aromatic nitrogens is 2. The molecular weight excluding hydrogens is 306 g/mol. The summed E-state index contributed by atoms with van der Waals surface area (Å²) in [6.07, 6.45) is 5.75. The lowest BCUT2D eigenvalue weighted by Crippen LogP contribution is -2.29. The van der Waals surface area contributed by atoms with E-state index in [2.05, 4.69) is 37.8 Å². The molecular formula is C10H18BrN3O2S. The highest BCUT2D eigenvalue weighted by atomic mass is 79.9. The average Bonchev–Trinajstić information content (AvgIpc) is 2.81. The zero-order chi connectivity index (χ0) is 12.7. The van der Waals surface area contributed by atoms with Gasteiger partial charge in [-0.1, -0.05) is 29.3 Å². The van der Waals surface area contributed by atoms with Crippen molar-refractivity contribution in [3.05, 3.63) is 12.4 Å². The van der Waals surface area contributed by atoms with E-state index in [1.807, 2.05) is 0 Å². The first-order valence-electron chi connectivity index (χ1n) is 5.64. The Labute approximate surface area is 111 Å². The molecule has 0 aromatic carbocycles. The predicted octanol–water partition coefficient (Wildman–Crippen LogP) is 1.89. The number of nitrogens with zero attached hydrogens (tertiary/aromatic N) is 1. The van der Waals surface area contributed by atoms with Crippen molar-refractivity contribution in [1.82, 2.24) is 14.9 Å². The third-order valence-electron chi connectivity index (χ3n) is 2.56. The van der Waals surface area contributed by atoms with E-state index in [-0.39, 0.29) is 4.90 Å². The van der Waals surface area contributed by atoms with Crippen LogP contribution in [0.25, 0.3) is 0 Å². The summed E-state index contributed by atoms with van der Waals surface area (Å²) in [5, 5.41) is 7.03. The van der Waals surface area contributed by atoms with Gasteiger partial charge in [-0.2, -0.15) is 5.10 Å². The maximum Gasteiger partial charge on any atom is 0.243 e. The molecule has 7 heteroatoms. The van der Waals surface area contributed by atoms with Crippen LogP contribution in [0.4, 0.5) is 0 Å². The number of alkyl halides is 1. The van der Waals surface area contributed by atoms with Crippen molar-refractivity contribution in [1.29, 1.82) is 0 Å². The molecule has 0 aliphatic rings. The van der Waals surface area contributed by atoms with Gasteiger partial charge in [-0.15, -0.1) is 0 Å². The van der Waals surface area contributed by atoms with Gasteiger partial charge in [0, 0.05) is 18.1 Å². The second kappa shape index (κ2) is 7.13. The first-order chi connectivity index (χ1) is 8.10. The first kappa shape index (κ1) is 14.7. The van der Waals surface area contributed by atoms with Crippen molar-refractivity contribution < 1.29 is 8.42 Å². The minimum Gasteiger partial charge on any atom is -0.284 e. The lowest BCUT2D eigenvalue weighted by Gasteiger charge is -2.15. The van der Waals surface area contributed by atoms with Crippen molar-refractivity contribution in [3.8, 4) is 0 Å². The monoisotopic (exact) mass is 323 g/mol. The fourth-order valence-corrected chi connectivity index (χ4v) is 3.28. The number of hydrogen-bond donors (Lipinski definition) is 2. The van der Waals surface area contributed by atoms with Crippen LogP contribution in [0.15, 0.2) is 17.3 Å². The fraction of sp³-hybridized carbons (Fsp3) is 0.700. The molecule has 17 heavy (non-hydrogen) atoms. The molecule has 1 rings (SSSR count). The van der Waals surface area contributed by atoms with Crippen LogP contribution in [0.1, 0.15) is 26.2 Å². The number of nitrogens with one attached hydrogen (secondary N) is 2. The Hall–Kier alpha value is -0.400. The van der Waals surface area contributed by atoms with Gasteiger partial charge in [0.1, 0.15) is 4.90 Å². The highest BCUT2D eigenvalue weighted by Gasteiger charge is 2.17. The van der Waals surface area contributed by atoms with Gasteiger partial charge in [-0.3, -0.25) is 5.10 Å². The molecule has 0 aliphatic heterocycles. The van der Waals surface area contributed by atoms with Gasteiger partial charge in [0.2, 0.25) is 10.0 Å². The maximum atomic E-state index is 11.8. The van der Waals surface area contributed by atoms with E-state index in [0.29, 0.717) is 12.5 Å². The van der Waals surface area contributed by atoms with E-state index in [1.165, 1.54) is 12.4 Å². The van der Waals surface area contributed by atoms with Gasteiger partial charge in [-0.05, 0) is 18.8 Å². The molecule has 1 aromatic heterocycles. The topological polar surface area (TPSA) is 74.8 Å². The summed E-state index contributed by atoms with van der Waals surface area (Å²) >= 11 is 3.39. The molecule has 1 unspecified atom stereocenters. The Balaban J connectivity index is 2.53. The maximum absolute atomic E-state index is 11.8. The molecule has 0 saturated carbocycles. The molecule has 1 aromatic rings. The molecule has 0 fully saturated rings. The summed E-state index contributed by atoms with van der Waals surface area (Å²) in [6, 6.07) is 0. The molecule has 1 atom stereocenters. The summed E-state index contributed by atoms with van der Waals surface area (Å²) < 4.78 is 26.3. The Bertz CT molecular complexity index is 399. The van der Waals surface area contributed by atoms with Gasteiger partial charge < -0.3 is 0 Å².